The third-order valence-electron chi connectivity index (χ3n) is 2.83. The van der Waals surface area contributed by atoms with Gasteiger partial charge in [0, 0.05) is 15.7 Å². The zero-order valence-electron chi connectivity index (χ0n) is 14.8. The number of thiol groups is 3. The van der Waals surface area contributed by atoms with Crippen LogP contribution in [0.3, 0.4) is 0 Å². The highest BCUT2D eigenvalue weighted by molar-refractivity contribution is 7.81. The highest BCUT2D eigenvalue weighted by Crippen LogP contribution is 2.09. The van der Waals surface area contributed by atoms with Crippen molar-refractivity contribution in [3.05, 3.63) is 0 Å². The quantitative estimate of drug-likeness (QED) is 0.259. The zero-order chi connectivity index (χ0) is 19.4. The van der Waals surface area contributed by atoms with Crippen LogP contribution in [0.5, 0.6) is 0 Å². The molecule has 0 saturated carbocycles. The summed E-state index contributed by atoms with van der Waals surface area (Å²) in [7, 11) is 0. The van der Waals surface area contributed by atoms with Crippen LogP contribution in [0.4, 0.5) is 0 Å². The summed E-state index contributed by atoms with van der Waals surface area (Å²) in [5, 5.41) is -0.346. The van der Waals surface area contributed by atoms with Gasteiger partial charge in [0.15, 0.2) is 0 Å². The lowest BCUT2D eigenvalue weighted by Gasteiger charge is -2.18. The van der Waals surface area contributed by atoms with E-state index in [1.165, 1.54) is 0 Å². The summed E-state index contributed by atoms with van der Waals surface area (Å²) in [6, 6.07) is 0. The normalized spacial score (nSPS) is 15.6. The molecule has 0 amide bonds. The maximum atomic E-state index is 11.6. The lowest BCUT2D eigenvalue weighted by Crippen LogP contribution is -2.27. The van der Waals surface area contributed by atoms with Gasteiger partial charge in [-0.25, -0.2) is 0 Å². The molecule has 0 aromatic heterocycles. The number of ether oxygens (including phenoxy) is 3. The molecule has 0 rings (SSSR count). The van der Waals surface area contributed by atoms with E-state index in [2.05, 4.69) is 37.9 Å². The first kappa shape index (κ1) is 24.5. The number of hydrogen-bond acceptors (Lipinski definition) is 9. The Hall–Kier alpha value is -0.540. The van der Waals surface area contributed by atoms with E-state index >= 15 is 0 Å². The fraction of sp³-hybridized carbons (Fsp3) is 0.812. The van der Waals surface area contributed by atoms with Crippen LogP contribution >= 0.6 is 37.9 Å². The Morgan fingerprint density at radius 3 is 1.08 bits per heavy atom. The lowest BCUT2D eigenvalue weighted by molar-refractivity contribution is -0.153. The molecule has 0 aliphatic carbocycles. The molecular weight excluding hydrogens is 384 g/mol. The average molecular weight is 413 g/mol. The minimum atomic E-state index is -0.433. The molecule has 0 aromatic carbocycles. The molecule has 0 aliphatic rings. The molecule has 0 saturated heterocycles. The van der Waals surface area contributed by atoms with Crippen molar-refractivity contribution < 1.29 is 28.6 Å². The Bertz CT molecular complexity index is 364. The Morgan fingerprint density at radius 1 is 0.640 bits per heavy atom. The van der Waals surface area contributed by atoms with Crippen LogP contribution < -0.4 is 0 Å². The monoisotopic (exact) mass is 412 g/mol. The van der Waals surface area contributed by atoms with Crippen LogP contribution in [0.1, 0.15) is 40.0 Å². The molecule has 6 nitrogen and oxygen atoms in total. The average Bonchev–Trinajstić information content (AvgIpc) is 2.44. The second-order valence-electron chi connectivity index (χ2n) is 6.07. The van der Waals surface area contributed by atoms with Crippen molar-refractivity contribution >= 4 is 55.8 Å². The van der Waals surface area contributed by atoms with Crippen molar-refractivity contribution in [2.45, 2.75) is 55.8 Å². The van der Waals surface area contributed by atoms with E-state index in [1.54, 1.807) is 20.8 Å². The van der Waals surface area contributed by atoms with E-state index in [1.807, 2.05) is 0 Å². The molecule has 0 radical (unpaired) electrons. The van der Waals surface area contributed by atoms with Crippen molar-refractivity contribution in [1.29, 1.82) is 0 Å². The van der Waals surface area contributed by atoms with Crippen molar-refractivity contribution in [2.75, 3.05) is 19.8 Å². The van der Waals surface area contributed by atoms with E-state index in [0.29, 0.717) is 0 Å². The number of esters is 3. The van der Waals surface area contributed by atoms with Crippen molar-refractivity contribution in [3.63, 3.8) is 0 Å². The Morgan fingerprint density at radius 2 is 0.880 bits per heavy atom. The molecule has 0 fully saturated rings. The number of rotatable bonds is 12. The Kier molecular flexibility index (Phi) is 13.3. The second kappa shape index (κ2) is 13.6. The SMILES string of the molecule is CC(S)CC(=O)OCC(COC(=O)CC(C)S)COC(=O)CC(C)S. The summed E-state index contributed by atoms with van der Waals surface area (Å²) in [5.41, 5.74) is 0. The molecule has 9 heteroatoms. The number of carbonyl (C=O) groups excluding carboxylic acids is 3. The van der Waals surface area contributed by atoms with Crippen LogP contribution in [0, 0.1) is 5.92 Å². The van der Waals surface area contributed by atoms with Gasteiger partial charge in [0.25, 0.3) is 0 Å². The summed E-state index contributed by atoms with van der Waals surface area (Å²) in [6.07, 6.45) is 0.511. The van der Waals surface area contributed by atoms with Crippen LogP contribution in [0.25, 0.3) is 0 Å². The second-order valence-corrected chi connectivity index (χ2v) is 8.72. The maximum Gasteiger partial charge on any atom is 0.306 e. The first-order chi connectivity index (χ1) is 11.6. The molecule has 0 spiro atoms. The van der Waals surface area contributed by atoms with Crippen molar-refractivity contribution in [2.24, 2.45) is 5.92 Å². The van der Waals surface area contributed by atoms with Crippen LogP contribution in [-0.4, -0.2) is 53.5 Å². The maximum absolute atomic E-state index is 11.6. The summed E-state index contributed by atoms with van der Waals surface area (Å²) >= 11 is 12.4. The van der Waals surface area contributed by atoms with Gasteiger partial charge in [0.2, 0.25) is 0 Å². The molecule has 0 heterocycles. The summed E-state index contributed by atoms with van der Waals surface area (Å²) in [4.78, 5) is 34.9. The molecule has 25 heavy (non-hydrogen) atoms. The largest absolute Gasteiger partial charge is 0.465 e. The van der Waals surface area contributed by atoms with Crippen molar-refractivity contribution in [1.82, 2.24) is 0 Å². The minimum absolute atomic E-state index is 0.00719. The number of hydrogen-bond donors (Lipinski definition) is 3. The van der Waals surface area contributed by atoms with Crippen molar-refractivity contribution in [3.8, 4) is 0 Å². The van der Waals surface area contributed by atoms with E-state index in [-0.39, 0.29) is 54.8 Å². The molecule has 0 aliphatic heterocycles. The molecule has 0 aromatic rings. The predicted molar refractivity (Wildman–Crippen MR) is 106 cm³/mol. The minimum Gasteiger partial charge on any atom is -0.465 e. The van der Waals surface area contributed by atoms with Gasteiger partial charge in [-0.1, -0.05) is 20.8 Å². The summed E-state index contributed by atoms with van der Waals surface area (Å²) < 4.78 is 15.4. The third-order valence-corrected chi connectivity index (χ3v) is 3.37. The molecule has 3 atom stereocenters. The van der Waals surface area contributed by atoms with E-state index in [9.17, 15) is 14.4 Å². The van der Waals surface area contributed by atoms with Gasteiger partial charge < -0.3 is 14.2 Å². The first-order valence-electron chi connectivity index (χ1n) is 8.11. The molecule has 0 bridgehead atoms. The van der Waals surface area contributed by atoms with Crippen LogP contribution in [0.2, 0.25) is 0 Å². The Balaban J connectivity index is 4.45. The Labute approximate surface area is 166 Å². The predicted octanol–water partition coefficient (Wildman–Crippen LogP) is 2.36. The third kappa shape index (κ3) is 15.4. The standard InChI is InChI=1S/C16H28O6S3/c1-10(23)4-14(17)20-7-13(8-21-15(18)5-11(2)24)9-22-16(19)6-12(3)25/h10-13,23-25H,4-9H2,1-3H3. The van der Waals surface area contributed by atoms with Gasteiger partial charge in [0.05, 0.1) is 25.2 Å². The van der Waals surface area contributed by atoms with Gasteiger partial charge >= 0.3 is 17.9 Å². The zero-order valence-corrected chi connectivity index (χ0v) is 17.5. The fourth-order valence-corrected chi connectivity index (χ4v) is 2.12. The van der Waals surface area contributed by atoms with E-state index in [4.69, 9.17) is 14.2 Å². The summed E-state index contributed by atoms with van der Waals surface area (Å²) in [6.45, 7) is 5.32. The molecule has 3 unspecified atom stereocenters. The smallest absolute Gasteiger partial charge is 0.306 e. The topological polar surface area (TPSA) is 78.9 Å². The first-order valence-corrected chi connectivity index (χ1v) is 9.66. The van der Waals surface area contributed by atoms with Gasteiger partial charge in [-0.05, 0) is 0 Å². The highest BCUT2D eigenvalue weighted by atomic mass is 32.1. The van der Waals surface area contributed by atoms with Gasteiger partial charge in [0.1, 0.15) is 19.8 Å². The van der Waals surface area contributed by atoms with Crippen LogP contribution in [0.15, 0.2) is 0 Å². The van der Waals surface area contributed by atoms with Gasteiger partial charge in [-0.2, -0.15) is 37.9 Å². The van der Waals surface area contributed by atoms with Gasteiger partial charge in [-0.3, -0.25) is 14.4 Å². The van der Waals surface area contributed by atoms with E-state index < -0.39 is 23.8 Å². The highest BCUT2D eigenvalue weighted by Gasteiger charge is 2.19. The van der Waals surface area contributed by atoms with Gasteiger partial charge in [-0.15, -0.1) is 0 Å². The lowest BCUT2D eigenvalue weighted by atomic mass is 10.2. The fourth-order valence-electron chi connectivity index (χ4n) is 1.68. The molecular formula is C16H28O6S3. The molecule has 146 valence electrons. The molecule has 0 N–H and O–H groups in total. The summed E-state index contributed by atoms with van der Waals surface area (Å²) in [5.74, 6) is -1.65. The number of carbonyl (C=O) groups is 3. The van der Waals surface area contributed by atoms with Crippen LogP contribution in [-0.2, 0) is 28.6 Å². The van der Waals surface area contributed by atoms with E-state index in [0.717, 1.165) is 0 Å².